The van der Waals surface area contributed by atoms with Gasteiger partial charge in [0.25, 0.3) is 5.91 Å². The maximum absolute atomic E-state index is 13.6. The third kappa shape index (κ3) is 4.24. The maximum atomic E-state index is 13.6. The highest BCUT2D eigenvalue weighted by molar-refractivity contribution is 6.04. The van der Waals surface area contributed by atoms with Gasteiger partial charge in [-0.1, -0.05) is 0 Å². The fourth-order valence-corrected chi connectivity index (χ4v) is 2.61. The number of carbonyl (C=O) groups excluding carboxylic acids is 1. The Labute approximate surface area is 144 Å². The number of aromatic nitrogens is 1. The second-order valence-corrected chi connectivity index (χ2v) is 5.91. The van der Waals surface area contributed by atoms with Crippen LogP contribution in [0.2, 0.25) is 0 Å². The fourth-order valence-electron chi connectivity index (χ4n) is 2.61. The van der Waals surface area contributed by atoms with Gasteiger partial charge in [0.1, 0.15) is 18.2 Å². The van der Waals surface area contributed by atoms with Crippen LogP contribution in [0.25, 0.3) is 0 Å². The molecule has 1 N–H and O–H groups in total. The molecule has 2 aromatic rings. The number of pyridine rings is 1. The molecule has 1 aromatic heterocycles. The smallest absolute Gasteiger partial charge is 0.257 e. The molecule has 1 atom stereocenters. The third-order valence-electron chi connectivity index (χ3n) is 3.99. The second kappa shape index (κ2) is 7.48. The Morgan fingerprint density at radius 2 is 2.24 bits per heavy atom. The van der Waals surface area contributed by atoms with Gasteiger partial charge in [-0.2, -0.15) is 0 Å². The van der Waals surface area contributed by atoms with Crippen LogP contribution in [0.15, 0.2) is 41.3 Å². The van der Waals surface area contributed by atoms with Crippen molar-refractivity contribution >= 4 is 11.6 Å². The molecular weight excluding hydrogens is 327 g/mol. The van der Waals surface area contributed by atoms with Crippen LogP contribution >= 0.6 is 0 Å². The van der Waals surface area contributed by atoms with Crippen LogP contribution < -0.4 is 15.6 Å². The summed E-state index contributed by atoms with van der Waals surface area (Å²) in [5.41, 5.74) is 0.302. The Kier molecular flexibility index (Phi) is 5.14. The van der Waals surface area contributed by atoms with E-state index < -0.39 is 11.7 Å². The van der Waals surface area contributed by atoms with Gasteiger partial charge >= 0.3 is 0 Å². The standard InChI is InChI=1S/C18H19FN2O4/c1-21-10-12(4-7-17(21)22)18(23)20-15-9-13(19)5-6-16(15)25-11-14-3-2-8-24-14/h4-7,9-10,14H,2-3,8,11H2,1H3,(H,20,23). The molecule has 1 fully saturated rings. The molecule has 25 heavy (non-hydrogen) atoms. The van der Waals surface area contributed by atoms with Crippen molar-refractivity contribution in [2.75, 3.05) is 18.5 Å². The molecular formula is C18H19FN2O4. The first-order valence-corrected chi connectivity index (χ1v) is 8.05. The number of hydrogen-bond donors (Lipinski definition) is 1. The van der Waals surface area contributed by atoms with Gasteiger partial charge in [0.2, 0.25) is 5.56 Å². The van der Waals surface area contributed by atoms with Gasteiger partial charge in [0.05, 0.1) is 17.4 Å². The molecule has 0 radical (unpaired) electrons. The number of carbonyl (C=O) groups is 1. The molecule has 1 unspecified atom stereocenters. The highest BCUT2D eigenvalue weighted by atomic mass is 19.1. The van der Waals surface area contributed by atoms with E-state index >= 15 is 0 Å². The summed E-state index contributed by atoms with van der Waals surface area (Å²) < 4.78 is 26.1. The van der Waals surface area contributed by atoms with Crippen LogP contribution in [-0.2, 0) is 11.8 Å². The molecule has 0 bridgehead atoms. The number of aryl methyl sites for hydroxylation is 1. The largest absolute Gasteiger partial charge is 0.489 e. The van der Waals surface area contributed by atoms with E-state index in [4.69, 9.17) is 9.47 Å². The summed E-state index contributed by atoms with van der Waals surface area (Å²) in [5.74, 6) is -0.571. The molecule has 0 aliphatic carbocycles. The number of anilines is 1. The van der Waals surface area contributed by atoms with Crippen molar-refractivity contribution in [3.05, 3.63) is 58.3 Å². The average molecular weight is 346 g/mol. The molecule has 1 aromatic carbocycles. The number of nitrogens with zero attached hydrogens (tertiary/aromatic N) is 1. The number of nitrogens with one attached hydrogen (secondary N) is 1. The van der Waals surface area contributed by atoms with Crippen LogP contribution in [0.1, 0.15) is 23.2 Å². The number of ether oxygens (including phenoxy) is 2. The Hall–Kier alpha value is -2.67. The first-order chi connectivity index (χ1) is 12.0. The highest BCUT2D eigenvalue weighted by Gasteiger charge is 2.18. The highest BCUT2D eigenvalue weighted by Crippen LogP contribution is 2.27. The lowest BCUT2D eigenvalue weighted by molar-refractivity contribution is 0.0681. The lowest BCUT2D eigenvalue weighted by Crippen LogP contribution is -2.20. The molecule has 0 saturated carbocycles. The van der Waals surface area contributed by atoms with E-state index in [1.165, 1.54) is 41.1 Å². The molecule has 6 nitrogen and oxygen atoms in total. The van der Waals surface area contributed by atoms with Gasteiger partial charge in [0.15, 0.2) is 0 Å². The molecule has 1 aliphatic heterocycles. The lowest BCUT2D eigenvalue weighted by Gasteiger charge is -2.15. The lowest BCUT2D eigenvalue weighted by atomic mass is 10.2. The zero-order valence-electron chi connectivity index (χ0n) is 13.8. The minimum atomic E-state index is -0.486. The maximum Gasteiger partial charge on any atom is 0.257 e. The van der Waals surface area contributed by atoms with Gasteiger partial charge < -0.3 is 19.4 Å². The molecule has 3 rings (SSSR count). The van der Waals surface area contributed by atoms with Gasteiger partial charge in [-0.05, 0) is 31.0 Å². The summed E-state index contributed by atoms with van der Waals surface area (Å²) in [5, 5.41) is 2.63. The third-order valence-corrected chi connectivity index (χ3v) is 3.99. The minimum Gasteiger partial charge on any atom is -0.489 e. The summed E-state index contributed by atoms with van der Waals surface area (Å²) in [4.78, 5) is 23.8. The zero-order valence-corrected chi connectivity index (χ0v) is 13.8. The van der Waals surface area contributed by atoms with Crippen molar-refractivity contribution in [2.45, 2.75) is 18.9 Å². The van der Waals surface area contributed by atoms with Crippen molar-refractivity contribution in [1.82, 2.24) is 4.57 Å². The van der Waals surface area contributed by atoms with Crippen LogP contribution in [0.5, 0.6) is 5.75 Å². The molecule has 1 saturated heterocycles. The van der Waals surface area contributed by atoms with E-state index in [0.717, 1.165) is 12.8 Å². The first-order valence-electron chi connectivity index (χ1n) is 8.05. The van der Waals surface area contributed by atoms with E-state index in [1.54, 1.807) is 7.05 Å². The van der Waals surface area contributed by atoms with Crippen molar-refractivity contribution in [3.63, 3.8) is 0 Å². The van der Waals surface area contributed by atoms with Crippen LogP contribution in [0.3, 0.4) is 0 Å². The zero-order chi connectivity index (χ0) is 17.8. The Bertz CT molecular complexity index is 828. The minimum absolute atomic E-state index is 0.0113. The summed E-state index contributed by atoms with van der Waals surface area (Å²) in [6, 6.07) is 6.66. The summed E-state index contributed by atoms with van der Waals surface area (Å²) in [7, 11) is 1.55. The average Bonchev–Trinajstić information content (AvgIpc) is 3.10. The predicted molar refractivity (Wildman–Crippen MR) is 90.5 cm³/mol. The summed E-state index contributed by atoms with van der Waals surface area (Å²) >= 11 is 0. The number of hydrogen-bond acceptors (Lipinski definition) is 4. The van der Waals surface area contributed by atoms with E-state index in [1.807, 2.05) is 0 Å². The second-order valence-electron chi connectivity index (χ2n) is 5.91. The summed E-state index contributed by atoms with van der Waals surface area (Å²) in [6.07, 6.45) is 3.34. The van der Waals surface area contributed by atoms with Crippen LogP contribution in [0, 0.1) is 5.82 Å². The van der Waals surface area contributed by atoms with Crippen molar-refractivity contribution in [1.29, 1.82) is 0 Å². The summed E-state index contributed by atoms with van der Waals surface area (Å²) in [6.45, 7) is 1.06. The molecule has 2 heterocycles. The van der Waals surface area contributed by atoms with E-state index in [9.17, 15) is 14.0 Å². The monoisotopic (exact) mass is 346 g/mol. The quantitative estimate of drug-likeness (QED) is 0.902. The number of benzene rings is 1. The topological polar surface area (TPSA) is 69.6 Å². The normalized spacial score (nSPS) is 16.6. The molecule has 1 amide bonds. The Morgan fingerprint density at radius 1 is 1.40 bits per heavy atom. The van der Waals surface area contributed by atoms with Gasteiger partial charge in [-0.15, -0.1) is 0 Å². The van der Waals surface area contributed by atoms with Crippen LogP contribution in [0.4, 0.5) is 10.1 Å². The van der Waals surface area contributed by atoms with Crippen molar-refractivity contribution in [3.8, 4) is 5.75 Å². The molecule has 1 aliphatic rings. The van der Waals surface area contributed by atoms with E-state index in [-0.39, 0.29) is 22.9 Å². The Morgan fingerprint density at radius 3 is 2.96 bits per heavy atom. The van der Waals surface area contributed by atoms with E-state index in [2.05, 4.69) is 5.32 Å². The van der Waals surface area contributed by atoms with Crippen molar-refractivity contribution < 1.29 is 18.7 Å². The van der Waals surface area contributed by atoms with Crippen LogP contribution in [-0.4, -0.2) is 29.8 Å². The predicted octanol–water partition coefficient (Wildman–Crippen LogP) is 2.33. The number of halogens is 1. The molecule has 7 heteroatoms. The van der Waals surface area contributed by atoms with Crippen molar-refractivity contribution in [2.24, 2.45) is 7.05 Å². The Balaban J connectivity index is 1.75. The van der Waals surface area contributed by atoms with Gasteiger partial charge in [-0.3, -0.25) is 9.59 Å². The first kappa shape index (κ1) is 17.2. The number of amides is 1. The SMILES string of the molecule is Cn1cc(C(=O)Nc2cc(F)ccc2OCC2CCCO2)ccc1=O. The molecule has 0 spiro atoms. The van der Waals surface area contributed by atoms with Gasteiger partial charge in [0, 0.05) is 32.0 Å². The number of rotatable bonds is 5. The fraction of sp³-hybridized carbons (Fsp3) is 0.333. The van der Waals surface area contributed by atoms with Gasteiger partial charge in [-0.25, -0.2) is 4.39 Å². The molecule has 132 valence electrons. The van der Waals surface area contributed by atoms with E-state index in [0.29, 0.717) is 19.0 Å².